The van der Waals surface area contributed by atoms with Crippen molar-refractivity contribution in [1.82, 2.24) is 5.32 Å². The minimum absolute atomic E-state index is 0.548. The minimum atomic E-state index is 0.548. The lowest BCUT2D eigenvalue weighted by Crippen LogP contribution is -2.32. The molecule has 1 aromatic heterocycles. The molecule has 2 rings (SSSR count). The Morgan fingerprint density at radius 2 is 1.83 bits per heavy atom. The maximum atomic E-state index is 5.35. The summed E-state index contributed by atoms with van der Waals surface area (Å²) in [5, 5.41) is 6.43. The average Bonchev–Trinajstić information content (AvgIpc) is 3.13. The number of hydrogen-bond donors (Lipinski definition) is 2. The smallest absolute Gasteiger partial charge is 0.203 e. The van der Waals surface area contributed by atoms with Crippen LogP contribution in [0.2, 0.25) is 0 Å². The first kappa shape index (κ1) is 17.5. The highest BCUT2D eigenvalue weighted by atomic mass is 16.5. The van der Waals surface area contributed by atoms with Crippen LogP contribution in [0.5, 0.6) is 17.2 Å². The van der Waals surface area contributed by atoms with Gasteiger partial charge in [-0.05, 0) is 12.1 Å². The molecule has 2 aromatic rings. The maximum Gasteiger partial charge on any atom is 0.203 e. The Hall–Kier alpha value is -2.83. The predicted molar refractivity (Wildman–Crippen MR) is 93.5 cm³/mol. The Bertz CT molecular complexity index is 643. The molecule has 0 saturated carbocycles. The summed E-state index contributed by atoms with van der Waals surface area (Å²) in [6.45, 7) is 0.692. The van der Waals surface area contributed by atoms with E-state index < -0.39 is 0 Å². The second-order valence-electron chi connectivity index (χ2n) is 4.87. The largest absolute Gasteiger partial charge is 0.493 e. The van der Waals surface area contributed by atoms with E-state index in [2.05, 4.69) is 15.6 Å². The molecule has 0 saturated heterocycles. The van der Waals surface area contributed by atoms with Crippen molar-refractivity contribution in [2.75, 3.05) is 40.2 Å². The van der Waals surface area contributed by atoms with Gasteiger partial charge in [0.05, 0.1) is 27.6 Å². The standard InChI is InChI=1S/C17H23N3O4/c1-18-17(19-8-7-13-6-5-9-24-13)20-12-10-14(21-2)16(23-4)15(11-12)22-3/h5-6,9-11H,7-8H2,1-4H3,(H2,18,19,20). The zero-order valence-corrected chi connectivity index (χ0v) is 14.4. The molecule has 7 nitrogen and oxygen atoms in total. The summed E-state index contributed by atoms with van der Waals surface area (Å²) >= 11 is 0. The fraction of sp³-hybridized carbons (Fsp3) is 0.353. The van der Waals surface area contributed by atoms with Crippen LogP contribution >= 0.6 is 0 Å². The molecule has 2 N–H and O–H groups in total. The van der Waals surface area contributed by atoms with Crippen LogP contribution in [-0.2, 0) is 6.42 Å². The molecule has 0 atom stereocenters. The van der Waals surface area contributed by atoms with E-state index in [1.807, 2.05) is 24.3 Å². The van der Waals surface area contributed by atoms with Crippen molar-refractivity contribution in [3.63, 3.8) is 0 Å². The Morgan fingerprint density at radius 3 is 2.33 bits per heavy atom. The van der Waals surface area contributed by atoms with Crippen LogP contribution in [0.15, 0.2) is 39.9 Å². The molecule has 0 bridgehead atoms. The molecule has 0 radical (unpaired) electrons. The number of anilines is 1. The molecule has 1 aromatic carbocycles. The number of aliphatic imine (C=N–C) groups is 1. The fourth-order valence-electron chi connectivity index (χ4n) is 2.23. The maximum absolute atomic E-state index is 5.35. The van der Waals surface area contributed by atoms with Crippen molar-refractivity contribution in [1.29, 1.82) is 0 Å². The van der Waals surface area contributed by atoms with E-state index in [0.717, 1.165) is 17.9 Å². The third-order valence-corrected chi connectivity index (χ3v) is 3.40. The van der Waals surface area contributed by atoms with Gasteiger partial charge in [0.1, 0.15) is 5.76 Å². The van der Waals surface area contributed by atoms with Gasteiger partial charge in [-0.1, -0.05) is 0 Å². The van der Waals surface area contributed by atoms with Crippen molar-refractivity contribution < 1.29 is 18.6 Å². The lowest BCUT2D eigenvalue weighted by atomic mass is 10.2. The number of hydrogen-bond acceptors (Lipinski definition) is 5. The highest BCUT2D eigenvalue weighted by molar-refractivity contribution is 5.94. The van der Waals surface area contributed by atoms with Gasteiger partial charge in [-0.15, -0.1) is 0 Å². The predicted octanol–water partition coefficient (Wildman–Crippen LogP) is 2.54. The monoisotopic (exact) mass is 333 g/mol. The average molecular weight is 333 g/mol. The number of furan rings is 1. The Balaban J connectivity index is 2.04. The first-order chi connectivity index (χ1) is 11.7. The Kier molecular flexibility index (Phi) is 6.36. The molecule has 0 aliphatic carbocycles. The van der Waals surface area contributed by atoms with Crippen molar-refractivity contribution in [3.8, 4) is 17.2 Å². The van der Waals surface area contributed by atoms with Crippen LogP contribution < -0.4 is 24.8 Å². The zero-order chi connectivity index (χ0) is 17.4. The van der Waals surface area contributed by atoms with Gasteiger partial charge in [0.15, 0.2) is 17.5 Å². The number of nitrogens with zero attached hydrogens (tertiary/aromatic N) is 1. The third-order valence-electron chi connectivity index (χ3n) is 3.40. The molecule has 1 heterocycles. The molecule has 0 fully saturated rings. The summed E-state index contributed by atoms with van der Waals surface area (Å²) < 4.78 is 21.3. The van der Waals surface area contributed by atoms with E-state index >= 15 is 0 Å². The number of guanidine groups is 1. The quantitative estimate of drug-likeness (QED) is 0.599. The van der Waals surface area contributed by atoms with Crippen LogP contribution in [0.4, 0.5) is 5.69 Å². The molecule has 0 aliphatic heterocycles. The highest BCUT2D eigenvalue weighted by Crippen LogP contribution is 2.39. The number of rotatable bonds is 7. The molecular weight excluding hydrogens is 310 g/mol. The van der Waals surface area contributed by atoms with Gasteiger partial charge in [0.2, 0.25) is 5.75 Å². The van der Waals surface area contributed by atoms with Gasteiger partial charge in [-0.25, -0.2) is 0 Å². The summed E-state index contributed by atoms with van der Waals surface area (Å²) in [6.07, 6.45) is 2.43. The second kappa shape index (κ2) is 8.71. The van der Waals surface area contributed by atoms with Gasteiger partial charge in [0, 0.05) is 37.8 Å². The van der Waals surface area contributed by atoms with Crippen molar-refractivity contribution >= 4 is 11.6 Å². The molecule has 24 heavy (non-hydrogen) atoms. The van der Waals surface area contributed by atoms with Crippen molar-refractivity contribution in [3.05, 3.63) is 36.3 Å². The van der Waals surface area contributed by atoms with Crippen LogP contribution in [0.3, 0.4) is 0 Å². The van der Waals surface area contributed by atoms with E-state index in [0.29, 0.717) is 29.8 Å². The molecule has 7 heteroatoms. The van der Waals surface area contributed by atoms with E-state index in [9.17, 15) is 0 Å². The fourth-order valence-corrected chi connectivity index (χ4v) is 2.23. The Labute approximate surface area is 141 Å². The second-order valence-corrected chi connectivity index (χ2v) is 4.87. The van der Waals surface area contributed by atoms with Crippen LogP contribution in [0, 0.1) is 0 Å². The van der Waals surface area contributed by atoms with Crippen molar-refractivity contribution in [2.45, 2.75) is 6.42 Å². The molecule has 130 valence electrons. The molecule has 0 spiro atoms. The normalized spacial score (nSPS) is 11.1. The van der Waals surface area contributed by atoms with Gasteiger partial charge in [-0.2, -0.15) is 0 Å². The zero-order valence-electron chi connectivity index (χ0n) is 14.4. The summed E-state index contributed by atoms with van der Waals surface area (Å²) in [4.78, 5) is 4.21. The highest BCUT2D eigenvalue weighted by Gasteiger charge is 2.13. The SMILES string of the molecule is CN=C(NCCc1ccco1)Nc1cc(OC)c(OC)c(OC)c1. The molecular formula is C17H23N3O4. The molecule has 0 unspecified atom stereocenters. The number of methoxy groups -OCH3 is 3. The van der Waals surface area contributed by atoms with Gasteiger partial charge >= 0.3 is 0 Å². The first-order valence-electron chi connectivity index (χ1n) is 7.51. The van der Waals surface area contributed by atoms with E-state index in [4.69, 9.17) is 18.6 Å². The van der Waals surface area contributed by atoms with Crippen LogP contribution in [0.25, 0.3) is 0 Å². The topological polar surface area (TPSA) is 77.3 Å². The Morgan fingerprint density at radius 1 is 1.12 bits per heavy atom. The van der Waals surface area contributed by atoms with Gasteiger partial charge in [-0.3, -0.25) is 4.99 Å². The number of ether oxygens (including phenoxy) is 3. The summed E-state index contributed by atoms with van der Waals surface area (Å²) in [6, 6.07) is 7.46. The van der Waals surface area contributed by atoms with Crippen LogP contribution in [0.1, 0.15) is 5.76 Å². The summed E-state index contributed by atoms with van der Waals surface area (Å²) in [7, 11) is 6.44. The van der Waals surface area contributed by atoms with Gasteiger partial charge < -0.3 is 29.3 Å². The van der Waals surface area contributed by atoms with Crippen molar-refractivity contribution in [2.24, 2.45) is 4.99 Å². The number of nitrogens with one attached hydrogen (secondary N) is 2. The summed E-state index contributed by atoms with van der Waals surface area (Å²) in [5.74, 6) is 3.25. The van der Waals surface area contributed by atoms with E-state index in [-0.39, 0.29) is 0 Å². The molecule has 0 aliphatic rings. The summed E-state index contributed by atoms with van der Waals surface area (Å²) in [5.41, 5.74) is 0.774. The lowest BCUT2D eigenvalue weighted by molar-refractivity contribution is 0.324. The minimum Gasteiger partial charge on any atom is -0.493 e. The van der Waals surface area contributed by atoms with Crippen LogP contribution in [-0.4, -0.2) is 40.9 Å². The lowest BCUT2D eigenvalue weighted by Gasteiger charge is -2.16. The first-order valence-corrected chi connectivity index (χ1v) is 7.51. The third kappa shape index (κ3) is 4.34. The molecule has 0 amide bonds. The number of benzene rings is 1. The van der Waals surface area contributed by atoms with E-state index in [1.165, 1.54) is 0 Å². The van der Waals surface area contributed by atoms with E-state index in [1.54, 1.807) is 34.6 Å². The van der Waals surface area contributed by atoms with Gasteiger partial charge in [0.25, 0.3) is 0 Å².